The van der Waals surface area contributed by atoms with Gasteiger partial charge in [0.2, 0.25) is 0 Å². The second-order valence-corrected chi connectivity index (χ2v) is 27.8. The minimum Gasteiger partial charge on any atom is -0.255 e. The van der Waals surface area contributed by atoms with Gasteiger partial charge in [-0.15, -0.1) is 22.7 Å². The van der Waals surface area contributed by atoms with Gasteiger partial charge in [0.15, 0.2) is 16.1 Å². The Hall–Kier alpha value is -7.78. The van der Waals surface area contributed by atoms with Crippen LogP contribution in [0.4, 0.5) is 0 Å². The lowest BCUT2D eigenvalue weighted by molar-refractivity contribution is 1.37. The van der Waals surface area contributed by atoms with Crippen LogP contribution in [0.1, 0.15) is 0 Å². The van der Waals surface area contributed by atoms with E-state index >= 15 is 0 Å². The Balaban J connectivity index is 1.04. The van der Waals surface area contributed by atoms with E-state index in [4.69, 9.17) is 4.98 Å². The van der Waals surface area contributed by atoms with E-state index in [1.165, 1.54) is 93.0 Å². The first-order valence-corrected chi connectivity index (χ1v) is 29.6. The summed E-state index contributed by atoms with van der Waals surface area (Å²) in [7, 11) is -5.95. The predicted octanol–water partition coefficient (Wildman–Crippen LogP) is 11.9. The number of aromatic nitrogens is 1. The molecule has 0 aliphatic carbocycles. The number of thiophene rings is 2. The van der Waals surface area contributed by atoms with Crippen LogP contribution in [0.5, 0.6) is 0 Å². The molecule has 0 spiro atoms. The topological polar surface area (TPSA) is 12.9 Å². The van der Waals surface area contributed by atoms with Crippen LogP contribution >= 0.6 is 22.7 Å². The Kier molecular flexibility index (Phi) is 10.7. The summed E-state index contributed by atoms with van der Waals surface area (Å²) < 4.78 is 5.16. The van der Waals surface area contributed by atoms with Crippen molar-refractivity contribution < 1.29 is 0 Å². The molecule has 0 fully saturated rings. The van der Waals surface area contributed by atoms with Crippen molar-refractivity contribution in [2.45, 2.75) is 0 Å². The van der Waals surface area contributed by atoms with E-state index in [9.17, 15) is 0 Å². The molecular formula is C65H45NS2Si2. The highest BCUT2D eigenvalue weighted by atomic mass is 32.1. The smallest absolute Gasteiger partial charge is 0.179 e. The first-order chi connectivity index (χ1) is 34.7. The molecule has 0 unspecified atom stereocenters. The van der Waals surface area contributed by atoms with Crippen LogP contribution in [0, 0.1) is 0 Å². The second-order valence-electron chi connectivity index (χ2n) is 18.1. The van der Waals surface area contributed by atoms with Gasteiger partial charge in [0, 0.05) is 47.4 Å². The largest absolute Gasteiger partial charge is 0.255 e. The lowest BCUT2D eigenvalue weighted by Gasteiger charge is -2.37. The molecule has 0 amide bonds. The number of hydrogen-bond donors (Lipinski definition) is 0. The molecule has 1 nitrogen and oxygen atoms in total. The molecule has 0 bridgehead atoms. The molecule has 0 aliphatic heterocycles. The van der Waals surface area contributed by atoms with Gasteiger partial charge in [-0.2, -0.15) is 0 Å². The molecular weight excluding hydrogens is 915 g/mol. The van der Waals surface area contributed by atoms with Crippen molar-refractivity contribution in [3.05, 3.63) is 273 Å². The Morgan fingerprint density at radius 3 is 1.16 bits per heavy atom. The van der Waals surface area contributed by atoms with Crippen LogP contribution < -0.4 is 41.5 Å². The molecule has 70 heavy (non-hydrogen) atoms. The summed E-state index contributed by atoms with van der Waals surface area (Å²) in [4.78, 5) is 5.12. The van der Waals surface area contributed by atoms with Gasteiger partial charge in [-0.3, -0.25) is 4.98 Å². The van der Waals surface area contributed by atoms with E-state index in [2.05, 4.69) is 267 Å². The zero-order valence-electron chi connectivity index (χ0n) is 38.2. The molecule has 13 rings (SSSR count). The standard InChI is InChI=1S/C65H45NS2Si2/c1-5-22-48(23-6-1)69(49-24-7-2-8-25-49,54-30-17-20-46(44-54)56-34-19-35-59-57-32-13-15-36-61(57)67-64(56)59)52-38-40-53(41-39-52)70(50-26-9-3-10-27-50,51-28-11-4-12-29-51)55-31-18-21-47(45-55)63-65-60(42-43-66-63)58-33-14-16-37-62(58)68-65/h1-45H. The number of fused-ring (bicyclic) bond motifs is 6. The zero-order valence-corrected chi connectivity index (χ0v) is 41.9. The fraction of sp³-hybridized carbons (Fsp3) is 0. The summed E-state index contributed by atoms with van der Waals surface area (Å²) in [6, 6.07) is 101. The van der Waals surface area contributed by atoms with Crippen LogP contribution in [-0.2, 0) is 0 Å². The van der Waals surface area contributed by atoms with Crippen molar-refractivity contribution in [3.8, 4) is 22.4 Å². The van der Waals surface area contributed by atoms with Crippen molar-refractivity contribution in [1.29, 1.82) is 0 Å². The van der Waals surface area contributed by atoms with Crippen molar-refractivity contribution >= 4 is 121 Å². The quantitative estimate of drug-likeness (QED) is 0.0983. The molecule has 10 aromatic carbocycles. The summed E-state index contributed by atoms with van der Waals surface area (Å²) in [5.74, 6) is 0. The summed E-state index contributed by atoms with van der Waals surface area (Å²) in [5, 5.41) is 16.0. The van der Waals surface area contributed by atoms with Crippen LogP contribution in [0.3, 0.4) is 0 Å². The fourth-order valence-electron chi connectivity index (χ4n) is 11.4. The molecule has 0 aliphatic rings. The van der Waals surface area contributed by atoms with E-state index in [1.54, 1.807) is 0 Å². The van der Waals surface area contributed by atoms with Gasteiger partial charge < -0.3 is 0 Å². The maximum atomic E-state index is 5.12. The third kappa shape index (κ3) is 6.80. The second kappa shape index (κ2) is 17.6. The Morgan fingerprint density at radius 1 is 0.271 bits per heavy atom. The van der Waals surface area contributed by atoms with Crippen LogP contribution in [0.2, 0.25) is 0 Å². The van der Waals surface area contributed by atoms with E-state index < -0.39 is 16.1 Å². The number of nitrogens with zero attached hydrogens (tertiary/aromatic N) is 1. The van der Waals surface area contributed by atoms with Crippen LogP contribution in [-0.4, -0.2) is 21.1 Å². The van der Waals surface area contributed by atoms with Gasteiger partial charge in [-0.1, -0.05) is 249 Å². The van der Waals surface area contributed by atoms with Gasteiger partial charge in [0.05, 0.1) is 10.4 Å². The molecule has 0 N–H and O–H groups in total. The van der Waals surface area contributed by atoms with Gasteiger partial charge >= 0.3 is 0 Å². The minimum atomic E-state index is -2.98. The summed E-state index contributed by atoms with van der Waals surface area (Å²) >= 11 is 3.73. The molecule has 0 radical (unpaired) electrons. The van der Waals surface area contributed by atoms with Gasteiger partial charge in [-0.05, 0) is 70.8 Å². The van der Waals surface area contributed by atoms with E-state index in [0.717, 1.165) is 11.3 Å². The van der Waals surface area contributed by atoms with Crippen molar-refractivity contribution in [2.75, 3.05) is 0 Å². The molecule has 13 aromatic rings. The zero-order chi connectivity index (χ0) is 46.5. The lowest BCUT2D eigenvalue weighted by atomic mass is 10.0. The highest BCUT2D eigenvalue weighted by molar-refractivity contribution is 7.27. The molecule has 3 aromatic heterocycles. The Morgan fingerprint density at radius 2 is 0.643 bits per heavy atom. The van der Waals surface area contributed by atoms with Crippen LogP contribution in [0.25, 0.3) is 62.7 Å². The normalized spacial score (nSPS) is 12.0. The third-order valence-electron chi connectivity index (χ3n) is 14.5. The molecule has 3 heterocycles. The molecule has 330 valence electrons. The average molecular weight is 960 g/mol. The highest BCUT2D eigenvalue weighted by Gasteiger charge is 2.44. The molecule has 5 heteroatoms. The third-order valence-corrected chi connectivity index (χ3v) is 26.4. The van der Waals surface area contributed by atoms with Crippen molar-refractivity contribution in [1.82, 2.24) is 4.98 Å². The number of rotatable bonds is 10. The summed E-state index contributed by atoms with van der Waals surface area (Å²) in [6.45, 7) is 0. The Labute approximate surface area is 418 Å². The number of hydrogen-bond acceptors (Lipinski definition) is 3. The summed E-state index contributed by atoms with van der Waals surface area (Å²) in [6.07, 6.45) is 1.98. The number of pyridine rings is 1. The Bertz CT molecular complexity index is 3660. The monoisotopic (exact) mass is 959 g/mol. The van der Waals surface area contributed by atoms with Gasteiger partial charge in [0.25, 0.3) is 0 Å². The van der Waals surface area contributed by atoms with Crippen LogP contribution in [0.15, 0.2) is 273 Å². The summed E-state index contributed by atoms with van der Waals surface area (Å²) in [5.41, 5.74) is 4.70. The first-order valence-electron chi connectivity index (χ1n) is 23.9. The predicted molar refractivity (Wildman–Crippen MR) is 308 cm³/mol. The average Bonchev–Trinajstić information content (AvgIpc) is 4.02. The fourth-order valence-corrected chi connectivity index (χ4v) is 23.4. The highest BCUT2D eigenvalue weighted by Crippen LogP contribution is 2.40. The molecule has 0 atom stereocenters. The minimum absolute atomic E-state index is 1.03. The maximum Gasteiger partial charge on any atom is 0.179 e. The van der Waals surface area contributed by atoms with E-state index in [0.29, 0.717) is 0 Å². The van der Waals surface area contributed by atoms with E-state index in [-0.39, 0.29) is 0 Å². The first kappa shape index (κ1) is 42.3. The lowest BCUT2D eigenvalue weighted by Crippen LogP contribution is -2.76. The van der Waals surface area contributed by atoms with Gasteiger partial charge in [0.1, 0.15) is 0 Å². The number of benzene rings is 10. The van der Waals surface area contributed by atoms with Crippen molar-refractivity contribution in [2.24, 2.45) is 0 Å². The van der Waals surface area contributed by atoms with Crippen molar-refractivity contribution in [3.63, 3.8) is 0 Å². The maximum absolute atomic E-state index is 5.12. The SMILES string of the molecule is c1ccc([Si](c2ccccc2)(c2ccc([Si](c3ccccc3)(c3ccccc3)c3cccc(-c4nccc5c4sc4ccccc45)c3)cc2)c2cccc(-c3cccc4c3sc3ccccc34)c2)cc1. The van der Waals surface area contributed by atoms with E-state index in [1.807, 2.05) is 28.9 Å². The van der Waals surface area contributed by atoms with Gasteiger partial charge in [-0.25, -0.2) is 0 Å². The molecule has 0 saturated heterocycles. The molecule has 0 saturated carbocycles.